The lowest BCUT2D eigenvalue weighted by Gasteiger charge is -2.24. The maximum absolute atomic E-state index is 13.2. The Balaban J connectivity index is 2.40. The van der Waals surface area contributed by atoms with Crippen molar-refractivity contribution >= 4 is 10.0 Å². The molecule has 0 radical (unpaired) electrons. The number of nitrogens with one attached hydrogen (secondary N) is 1. The SMILES string of the molecule is CNCC1CCCN1S(=O)(=O)c1cc(F)c(F)c(F)c1. The van der Waals surface area contributed by atoms with Gasteiger partial charge in [-0.05, 0) is 32.0 Å². The Bertz CT molecular complexity index is 584. The molecular weight excluding hydrogens is 293 g/mol. The van der Waals surface area contributed by atoms with Crippen LogP contribution in [0.25, 0.3) is 0 Å². The van der Waals surface area contributed by atoms with Crippen LogP contribution in [0.15, 0.2) is 17.0 Å². The van der Waals surface area contributed by atoms with E-state index in [0.29, 0.717) is 31.5 Å². The van der Waals surface area contributed by atoms with E-state index in [0.717, 1.165) is 0 Å². The molecule has 1 atom stereocenters. The van der Waals surface area contributed by atoms with Gasteiger partial charge in [-0.3, -0.25) is 0 Å². The lowest BCUT2D eigenvalue weighted by Crippen LogP contribution is -2.40. The number of hydrogen-bond acceptors (Lipinski definition) is 3. The molecule has 8 heteroatoms. The van der Waals surface area contributed by atoms with Crippen LogP contribution in [0, 0.1) is 17.5 Å². The third-order valence-corrected chi connectivity index (χ3v) is 5.26. The van der Waals surface area contributed by atoms with Crippen molar-refractivity contribution in [3.05, 3.63) is 29.6 Å². The summed E-state index contributed by atoms with van der Waals surface area (Å²) in [6.07, 6.45) is 1.35. The molecule has 0 aromatic heterocycles. The van der Waals surface area contributed by atoms with Gasteiger partial charge in [-0.25, -0.2) is 21.6 Å². The van der Waals surface area contributed by atoms with Crippen LogP contribution in [0.1, 0.15) is 12.8 Å². The highest BCUT2D eigenvalue weighted by atomic mass is 32.2. The molecule has 1 unspecified atom stereocenters. The summed E-state index contributed by atoms with van der Waals surface area (Å²) in [7, 11) is -2.33. The van der Waals surface area contributed by atoms with Gasteiger partial charge in [0.05, 0.1) is 4.90 Å². The Morgan fingerprint density at radius 2 is 1.90 bits per heavy atom. The molecule has 2 rings (SSSR count). The van der Waals surface area contributed by atoms with E-state index < -0.39 is 32.4 Å². The van der Waals surface area contributed by atoms with E-state index in [-0.39, 0.29) is 12.6 Å². The van der Waals surface area contributed by atoms with Crippen LogP contribution in [0.3, 0.4) is 0 Å². The second-order valence-corrected chi connectivity index (χ2v) is 6.56. The molecule has 1 aliphatic rings. The molecule has 1 aliphatic heterocycles. The van der Waals surface area contributed by atoms with Crippen molar-refractivity contribution in [1.29, 1.82) is 0 Å². The van der Waals surface area contributed by atoms with E-state index in [1.165, 1.54) is 4.31 Å². The first kappa shape index (κ1) is 15.3. The van der Waals surface area contributed by atoms with Crippen LogP contribution >= 0.6 is 0 Å². The predicted molar refractivity (Wildman–Crippen MR) is 67.2 cm³/mol. The van der Waals surface area contributed by atoms with Crippen LogP contribution in [0.2, 0.25) is 0 Å². The van der Waals surface area contributed by atoms with Crippen molar-refractivity contribution in [2.45, 2.75) is 23.8 Å². The minimum Gasteiger partial charge on any atom is -0.318 e. The van der Waals surface area contributed by atoms with Crippen molar-refractivity contribution in [1.82, 2.24) is 9.62 Å². The second kappa shape index (κ2) is 5.71. The molecule has 20 heavy (non-hydrogen) atoms. The topological polar surface area (TPSA) is 49.4 Å². The lowest BCUT2D eigenvalue weighted by atomic mass is 10.2. The van der Waals surface area contributed by atoms with Crippen molar-refractivity contribution in [2.24, 2.45) is 0 Å². The number of halogens is 3. The fourth-order valence-corrected chi connectivity index (χ4v) is 4.10. The average Bonchev–Trinajstić information content (AvgIpc) is 2.84. The molecule has 0 saturated carbocycles. The van der Waals surface area contributed by atoms with E-state index in [2.05, 4.69) is 5.32 Å². The Kier molecular flexibility index (Phi) is 4.36. The van der Waals surface area contributed by atoms with Gasteiger partial charge in [-0.15, -0.1) is 0 Å². The molecule has 0 aliphatic carbocycles. The fourth-order valence-electron chi connectivity index (χ4n) is 2.38. The van der Waals surface area contributed by atoms with E-state index in [1.54, 1.807) is 7.05 Å². The Morgan fingerprint density at radius 1 is 1.30 bits per heavy atom. The summed E-state index contributed by atoms with van der Waals surface area (Å²) >= 11 is 0. The van der Waals surface area contributed by atoms with Gasteiger partial charge in [-0.1, -0.05) is 0 Å². The highest BCUT2D eigenvalue weighted by Crippen LogP contribution is 2.27. The summed E-state index contributed by atoms with van der Waals surface area (Å²) in [5.74, 6) is -4.68. The molecular formula is C12H15F3N2O2S. The third kappa shape index (κ3) is 2.68. The van der Waals surface area contributed by atoms with Crippen LogP contribution in [0.4, 0.5) is 13.2 Å². The summed E-state index contributed by atoms with van der Waals surface area (Å²) in [5.41, 5.74) is 0. The summed E-state index contributed by atoms with van der Waals surface area (Å²) in [6, 6.07) is 0.770. The molecule has 1 fully saturated rings. The number of hydrogen-bond donors (Lipinski definition) is 1. The summed E-state index contributed by atoms with van der Waals surface area (Å²) in [5, 5.41) is 2.88. The molecule has 0 amide bonds. The molecule has 112 valence electrons. The Morgan fingerprint density at radius 3 is 2.45 bits per heavy atom. The van der Waals surface area contributed by atoms with Gasteiger partial charge in [0.2, 0.25) is 10.0 Å². The summed E-state index contributed by atoms with van der Waals surface area (Å²) in [4.78, 5) is -0.558. The molecule has 1 heterocycles. The normalized spacial score (nSPS) is 20.5. The zero-order valence-electron chi connectivity index (χ0n) is 10.9. The first-order valence-electron chi connectivity index (χ1n) is 6.19. The number of likely N-dealkylation sites (N-methyl/N-ethyl adjacent to an activating group) is 1. The molecule has 1 aromatic rings. The van der Waals surface area contributed by atoms with Gasteiger partial charge in [0.1, 0.15) is 0 Å². The van der Waals surface area contributed by atoms with Crippen LogP contribution in [0.5, 0.6) is 0 Å². The largest absolute Gasteiger partial charge is 0.318 e. The van der Waals surface area contributed by atoms with E-state index in [9.17, 15) is 21.6 Å². The molecule has 1 saturated heterocycles. The quantitative estimate of drug-likeness (QED) is 0.857. The first-order valence-corrected chi connectivity index (χ1v) is 7.63. The molecule has 4 nitrogen and oxygen atoms in total. The molecule has 0 spiro atoms. The zero-order chi connectivity index (χ0) is 14.9. The number of nitrogens with zero attached hydrogens (tertiary/aromatic N) is 1. The number of sulfonamides is 1. The van der Waals surface area contributed by atoms with Crippen molar-refractivity contribution in [2.75, 3.05) is 20.1 Å². The number of rotatable bonds is 4. The second-order valence-electron chi connectivity index (χ2n) is 4.67. The Hall–Kier alpha value is -1.12. The van der Waals surface area contributed by atoms with Gasteiger partial charge in [0.15, 0.2) is 17.5 Å². The molecule has 1 aromatic carbocycles. The van der Waals surface area contributed by atoms with Crippen LogP contribution in [-0.2, 0) is 10.0 Å². The van der Waals surface area contributed by atoms with Gasteiger partial charge < -0.3 is 5.32 Å². The van der Waals surface area contributed by atoms with Crippen molar-refractivity contribution in [3.8, 4) is 0 Å². The first-order chi connectivity index (χ1) is 9.37. The standard InChI is InChI=1S/C12H15F3N2O2S/c1-16-7-8-3-2-4-17(8)20(18,19)9-5-10(13)12(15)11(14)6-9/h5-6,8,16H,2-4,7H2,1H3. The third-order valence-electron chi connectivity index (χ3n) is 3.33. The highest BCUT2D eigenvalue weighted by Gasteiger charge is 2.35. The fraction of sp³-hybridized carbons (Fsp3) is 0.500. The van der Waals surface area contributed by atoms with Gasteiger partial charge in [0.25, 0.3) is 0 Å². The molecule has 1 N–H and O–H groups in total. The van der Waals surface area contributed by atoms with Gasteiger partial charge >= 0.3 is 0 Å². The van der Waals surface area contributed by atoms with E-state index >= 15 is 0 Å². The van der Waals surface area contributed by atoms with Crippen LogP contribution < -0.4 is 5.32 Å². The minimum atomic E-state index is -4.03. The van der Waals surface area contributed by atoms with Gasteiger partial charge in [-0.2, -0.15) is 4.31 Å². The van der Waals surface area contributed by atoms with Crippen molar-refractivity contribution in [3.63, 3.8) is 0 Å². The average molecular weight is 308 g/mol. The predicted octanol–water partition coefficient (Wildman–Crippen LogP) is 1.48. The monoisotopic (exact) mass is 308 g/mol. The van der Waals surface area contributed by atoms with E-state index in [4.69, 9.17) is 0 Å². The minimum absolute atomic E-state index is 0.263. The Labute approximate surface area is 115 Å². The van der Waals surface area contributed by atoms with E-state index in [1.807, 2.05) is 0 Å². The maximum atomic E-state index is 13.2. The zero-order valence-corrected chi connectivity index (χ0v) is 11.7. The maximum Gasteiger partial charge on any atom is 0.243 e. The highest BCUT2D eigenvalue weighted by molar-refractivity contribution is 7.89. The lowest BCUT2D eigenvalue weighted by molar-refractivity contribution is 0.377. The number of benzene rings is 1. The van der Waals surface area contributed by atoms with Crippen LogP contribution in [-0.4, -0.2) is 38.9 Å². The van der Waals surface area contributed by atoms with Gasteiger partial charge in [0, 0.05) is 19.1 Å². The van der Waals surface area contributed by atoms with Crippen molar-refractivity contribution < 1.29 is 21.6 Å². The summed E-state index contributed by atoms with van der Waals surface area (Å²) in [6.45, 7) is 0.737. The smallest absolute Gasteiger partial charge is 0.243 e. The summed E-state index contributed by atoms with van der Waals surface area (Å²) < 4.78 is 65.2. The molecule has 0 bridgehead atoms.